The van der Waals surface area contributed by atoms with Crippen molar-refractivity contribution >= 4 is 5.78 Å². The fourth-order valence-electron chi connectivity index (χ4n) is 3.01. The number of Topliss-reactive ketones (excluding diaryl/α,β-unsaturated/α-hetero) is 1. The molecule has 0 unspecified atom stereocenters. The SMILES string of the molecule is O=C1c2cc3c(cc2[C@H](O)[C@@H]2O[C@H]12)CCC3. The Balaban J connectivity index is 1.94. The summed E-state index contributed by atoms with van der Waals surface area (Å²) < 4.78 is 5.22. The number of carbonyl (C=O) groups excluding carboxylic acids is 1. The Morgan fingerprint density at radius 3 is 2.81 bits per heavy atom. The van der Waals surface area contributed by atoms with Crippen LogP contribution in [0.15, 0.2) is 12.1 Å². The summed E-state index contributed by atoms with van der Waals surface area (Å²) >= 11 is 0. The van der Waals surface area contributed by atoms with Crippen LogP contribution in [0.4, 0.5) is 0 Å². The van der Waals surface area contributed by atoms with Crippen molar-refractivity contribution in [3.8, 4) is 0 Å². The summed E-state index contributed by atoms with van der Waals surface area (Å²) in [6.45, 7) is 0. The number of benzene rings is 1. The van der Waals surface area contributed by atoms with Crippen LogP contribution in [0.5, 0.6) is 0 Å². The van der Waals surface area contributed by atoms with Gasteiger partial charge in [-0.15, -0.1) is 0 Å². The third-order valence-electron chi connectivity index (χ3n) is 3.94. The van der Waals surface area contributed by atoms with Crippen LogP contribution >= 0.6 is 0 Å². The third-order valence-corrected chi connectivity index (χ3v) is 3.94. The first-order chi connectivity index (χ1) is 7.75. The predicted molar refractivity (Wildman–Crippen MR) is 56.4 cm³/mol. The molecule has 1 aromatic carbocycles. The monoisotopic (exact) mass is 216 g/mol. The highest BCUT2D eigenvalue weighted by Crippen LogP contribution is 2.44. The number of aliphatic hydroxyl groups is 1. The van der Waals surface area contributed by atoms with Gasteiger partial charge in [0, 0.05) is 5.56 Å². The van der Waals surface area contributed by atoms with Crippen molar-refractivity contribution in [1.82, 2.24) is 0 Å². The van der Waals surface area contributed by atoms with Crippen LogP contribution < -0.4 is 0 Å². The van der Waals surface area contributed by atoms with Crippen LogP contribution in [-0.2, 0) is 17.6 Å². The smallest absolute Gasteiger partial charge is 0.194 e. The summed E-state index contributed by atoms with van der Waals surface area (Å²) in [5, 5.41) is 10.0. The van der Waals surface area contributed by atoms with E-state index in [-0.39, 0.29) is 18.0 Å². The maximum absolute atomic E-state index is 12.0. The lowest BCUT2D eigenvalue weighted by molar-refractivity contribution is 0.0941. The lowest BCUT2D eigenvalue weighted by atomic mass is 9.86. The van der Waals surface area contributed by atoms with Gasteiger partial charge in [-0.05, 0) is 42.0 Å². The second kappa shape index (κ2) is 2.73. The number of ether oxygens (including phenoxy) is 1. The minimum Gasteiger partial charge on any atom is -0.386 e. The van der Waals surface area contributed by atoms with Gasteiger partial charge in [-0.25, -0.2) is 0 Å². The summed E-state index contributed by atoms with van der Waals surface area (Å²) in [7, 11) is 0. The lowest BCUT2D eigenvalue weighted by Gasteiger charge is -2.18. The van der Waals surface area contributed by atoms with E-state index in [4.69, 9.17) is 4.74 Å². The Labute approximate surface area is 93.0 Å². The highest BCUT2D eigenvalue weighted by atomic mass is 16.6. The summed E-state index contributed by atoms with van der Waals surface area (Å²) in [6, 6.07) is 3.99. The van der Waals surface area contributed by atoms with Crippen molar-refractivity contribution in [2.24, 2.45) is 0 Å². The van der Waals surface area contributed by atoms with Gasteiger partial charge in [0.05, 0.1) is 0 Å². The number of carbonyl (C=O) groups is 1. The van der Waals surface area contributed by atoms with E-state index in [9.17, 15) is 9.90 Å². The maximum atomic E-state index is 12.0. The van der Waals surface area contributed by atoms with Crippen LogP contribution in [0.25, 0.3) is 0 Å². The van der Waals surface area contributed by atoms with Gasteiger partial charge in [0.25, 0.3) is 0 Å². The lowest BCUT2D eigenvalue weighted by Crippen LogP contribution is -2.24. The minimum absolute atomic E-state index is 0.0556. The van der Waals surface area contributed by atoms with Crippen LogP contribution in [0.1, 0.15) is 39.6 Å². The molecule has 0 aromatic heterocycles. The molecule has 0 spiro atoms. The van der Waals surface area contributed by atoms with E-state index in [0.717, 1.165) is 24.8 Å². The number of ketones is 1. The molecule has 2 aliphatic carbocycles. The van der Waals surface area contributed by atoms with E-state index in [1.807, 2.05) is 12.1 Å². The van der Waals surface area contributed by atoms with Crippen molar-refractivity contribution in [2.75, 3.05) is 0 Å². The van der Waals surface area contributed by atoms with Gasteiger partial charge in [0.1, 0.15) is 18.3 Å². The van der Waals surface area contributed by atoms with Gasteiger partial charge < -0.3 is 9.84 Å². The maximum Gasteiger partial charge on any atom is 0.194 e. The van der Waals surface area contributed by atoms with Crippen molar-refractivity contribution in [2.45, 2.75) is 37.6 Å². The van der Waals surface area contributed by atoms with Crippen molar-refractivity contribution in [3.05, 3.63) is 34.4 Å². The fraction of sp³-hybridized carbons (Fsp3) is 0.462. The number of hydrogen-bond donors (Lipinski definition) is 1. The molecular weight excluding hydrogens is 204 g/mol. The van der Waals surface area contributed by atoms with Crippen LogP contribution in [0, 0.1) is 0 Å². The summed E-state index contributed by atoms with van der Waals surface area (Å²) in [4.78, 5) is 12.0. The van der Waals surface area contributed by atoms with Gasteiger partial charge in [0.2, 0.25) is 0 Å². The minimum atomic E-state index is -0.608. The van der Waals surface area contributed by atoms with E-state index < -0.39 is 6.10 Å². The number of aliphatic hydroxyl groups excluding tert-OH is 1. The molecule has 82 valence electrons. The Bertz CT molecular complexity index is 506. The highest BCUT2D eigenvalue weighted by Gasteiger charge is 2.55. The second-order valence-electron chi connectivity index (χ2n) is 4.89. The molecule has 16 heavy (non-hydrogen) atoms. The molecule has 0 amide bonds. The molecule has 4 rings (SSSR count). The molecule has 1 saturated heterocycles. The normalized spacial score (nSPS) is 34.3. The number of rotatable bonds is 0. The molecule has 0 bridgehead atoms. The molecule has 1 heterocycles. The molecule has 1 fully saturated rings. The summed E-state index contributed by atoms with van der Waals surface area (Å²) in [6.07, 6.45) is 2.02. The molecular formula is C13H12O3. The van der Waals surface area contributed by atoms with E-state index >= 15 is 0 Å². The summed E-state index contributed by atoms with van der Waals surface area (Å²) in [5.41, 5.74) is 4.04. The van der Waals surface area contributed by atoms with E-state index in [1.165, 1.54) is 11.1 Å². The van der Waals surface area contributed by atoms with Gasteiger partial charge in [0.15, 0.2) is 5.78 Å². The van der Waals surface area contributed by atoms with Crippen molar-refractivity contribution in [1.29, 1.82) is 0 Å². The fourth-order valence-corrected chi connectivity index (χ4v) is 3.01. The Hall–Kier alpha value is -1.19. The van der Waals surface area contributed by atoms with E-state index in [0.29, 0.717) is 5.56 Å². The van der Waals surface area contributed by atoms with E-state index in [1.54, 1.807) is 0 Å². The van der Waals surface area contributed by atoms with Crippen molar-refractivity contribution in [3.63, 3.8) is 0 Å². The number of epoxide rings is 1. The third kappa shape index (κ3) is 0.975. The molecule has 3 heteroatoms. The van der Waals surface area contributed by atoms with Crippen LogP contribution in [-0.4, -0.2) is 23.1 Å². The molecule has 1 aromatic rings. The molecule has 3 atom stereocenters. The first-order valence-corrected chi connectivity index (χ1v) is 5.79. The average Bonchev–Trinajstić information content (AvgIpc) is 2.96. The molecule has 3 nitrogen and oxygen atoms in total. The first kappa shape index (κ1) is 8.90. The van der Waals surface area contributed by atoms with Gasteiger partial charge in [-0.3, -0.25) is 4.79 Å². The topological polar surface area (TPSA) is 49.8 Å². The Morgan fingerprint density at radius 2 is 2.00 bits per heavy atom. The second-order valence-corrected chi connectivity index (χ2v) is 4.89. The van der Waals surface area contributed by atoms with Gasteiger partial charge in [-0.1, -0.05) is 6.07 Å². The molecule has 3 aliphatic rings. The zero-order chi connectivity index (χ0) is 10.9. The van der Waals surface area contributed by atoms with E-state index in [2.05, 4.69) is 0 Å². The van der Waals surface area contributed by atoms with Crippen molar-refractivity contribution < 1.29 is 14.6 Å². The number of hydrogen-bond acceptors (Lipinski definition) is 3. The first-order valence-electron chi connectivity index (χ1n) is 5.79. The molecule has 0 saturated carbocycles. The summed E-state index contributed by atoms with van der Waals surface area (Å²) in [5.74, 6) is 0.0556. The largest absolute Gasteiger partial charge is 0.386 e. The van der Waals surface area contributed by atoms with Gasteiger partial charge in [-0.2, -0.15) is 0 Å². The Morgan fingerprint density at radius 1 is 1.25 bits per heavy atom. The quantitative estimate of drug-likeness (QED) is 0.662. The molecule has 1 aliphatic heterocycles. The zero-order valence-corrected chi connectivity index (χ0v) is 8.77. The van der Waals surface area contributed by atoms with Crippen LogP contribution in [0.2, 0.25) is 0 Å². The molecule has 1 N–H and O–H groups in total. The number of aryl methyl sites for hydroxylation is 2. The standard InChI is InChI=1S/C13H12O3/c14-10-8-4-6-2-1-3-7(6)5-9(8)11(15)13-12(10)16-13/h4-5,10,12-14H,1-3H2/t10-,12-,13+/m0/s1. The highest BCUT2D eigenvalue weighted by molar-refractivity contribution is 6.04. The molecule has 0 radical (unpaired) electrons. The number of fused-ring (bicyclic) bond motifs is 3. The van der Waals surface area contributed by atoms with Crippen LogP contribution in [0.3, 0.4) is 0 Å². The zero-order valence-electron chi connectivity index (χ0n) is 8.77. The van der Waals surface area contributed by atoms with Gasteiger partial charge >= 0.3 is 0 Å². The Kier molecular flexibility index (Phi) is 1.52. The average molecular weight is 216 g/mol. The predicted octanol–water partition coefficient (Wildman–Crippen LogP) is 1.17.